The lowest BCUT2D eigenvalue weighted by Crippen LogP contribution is -2.04. The van der Waals surface area contributed by atoms with E-state index in [9.17, 15) is 13.9 Å². The Morgan fingerprint density at radius 1 is 0.950 bits per heavy atom. The molecule has 2 aromatic rings. The van der Waals surface area contributed by atoms with Crippen LogP contribution in [0.5, 0.6) is 11.5 Å². The van der Waals surface area contributed by atoms with E-state index in [1.165, 1.54) is 44.6 Å². The Bertz CT molecular complexity index is 614. The van der Waals surface area contributed by atoms with Crippen molar-refractivity contribution in [2.75, 3.05) is 14.2 Å². The Morgan fingerprint density at radius 3 is 2.30 bits per heavy atom. The van der Waals surface area contributed by atoms with Gasteiger partial charge in [0.25, 0.3) is 0 Å². The molecule has 0 fully saturated rings. The molecule has 0 aromatic heterocycles. The van der Waals surface area contributed by atoms with Gasteiger partial charge in [0.2, 0.25) is 0 Å². The molecule has 1 atom stereocenters. The number of halogens is 2. The number of hydrogen-bond acceptors (Lipinski definition) is 3. The van der Waals surface area contributed by atoms with Crippen LogP contribution in [-0.2, 0) is 0 Å². The minimum Gasteiger partial charge on any atom is -0.497 e. The number of rotatable bonds is 4. The van der Waals surface area contributed by atoms with Crippen LogP contribution in [0.25, 0.3) is 0 Å². The summed E-state index contributed by atoms with van der Waals surface area (Å²) in [7, 11) is 2.75. The highest BCUT2D eigenvalue weighted by Crippen LogP contribution is 2.29. The predicted molar refractivity (Wildman–Crippen MR) is 70.0 cm³/mol. The molecule has 0 radical (unpaired) electrons. The van der Waals surface area contributed by atoms with Crippen molar-refractivity contribution in [1.29, 1.82) is 0 Å². The van der Waals surface area contributed by atoms with Crippen molar-refractivity contribution in [2.45, 2.75) is 6.10 Å². The Hall–Kier alpha value is -2.14. The molecule has 0 bridgehead atoms. The number of benzene rings is 2. The number of ether oxygens (including phenoxy) is 2. The van der Waals surface area contributed by atoms with Crippen LogP contribution in [0.2, 0.25) is 0 Å². The average molecular weight is 280 g/mol. The first-order valence-electron chi connectivity index (χ1n) is 5.91. The van der Waals surface area contributed by atoms with E-state index in [2.05, 4.69) is 0 Å². The maximum Gasteiger partial charge on any atom is 0.165 e. The third-order valence-corrected chi connectivity index (χ3v) is 2.99. The standard InChI is InChI=1S/C15H14F2O3/c1-19-10-4-5-11(13(17)8-10)15(18)9-3-6-12(16)14(7-9)20-2/h3-8,15,18H,1-2H3. The van der Waals surface area contributed by atoms with Crippen LogP contribution in [-0.4, -0.2) is 19.3 Å². The SMILES string of the molecule is COc1ccc(C(O)c2ccc(F)c(OC)c2)c(F)c1. The molecule has 2 rings (SSSR count). The van der Waals surface area contributed by atoms with Crippen molar-refractivity contribution in [2.24, 2.45) is 0 Å². The molecule has 1 N–H and O–H groups in total. The van der Waals surface area contributed by atoms with Crippen molar-refractivity contribution in [3.05, 3.63) is 59.2 Å². The van der Waals surface area contributed by atoms with Gasteiger partial charge in [0, 0.05) is 11.6 Å². The maximum absolute atomic E-state index is 13.9. The topological polar surface area (TPSA) is 38.7 Å². The smallest absolute Gasteiger partial charge is 0.165 e. The summed E-state index contributed by atoms with van der Waals surface area (Å²) in [6.45, 7) is 0. The Labute approximate surface area is 115 Å². The molecule has 5 heteroatoms. The molecule has 0 aliphatic carbocycles. The predicted octanol–water partition coefficient (Wildman–Crippen LogP) is 3.06. The molecular weight excluding hydrogens is 266 g/mol. The highest BCUT2D eigenvalue weighted by molar-refractivity contribution is 5.38. The number of aliphatic hydroxyl groups is 1. The summed E-state index contributed by atoms with van der Waals surface area (Å²) < 4.78 is 36.9. The Morgan fingerprint density at radius 2 is 1.70 bits per heavy atom. The quantitative estimate of drug-likeness (QED) is 0.935. The lowest BCUT2D eigenvalue weighted by atomic mass is 10.0. The zero-order valence-electron chi connectivity index (χ0n) is 11.1. The van der Waals surface area contributed by atoms with Crippen LogP contribution in [0.3, 0.4) is 0 Å². The van der Waals surface area contributed by atoms with E-state index in [1.54, 1.807) is 6.07 Å². The molecule has 20 heavy (non-hydrogen) atoms. The van der Waals surface area contributed by atoms with Crippen molar-refractivity contribution >= 4 is 0 Å². The van der Waals surface area contributed by atoms with E-state index in [0.29, 0.717) is 11.3 Å². The normalized spacial score (nSPS) is 12.1. The maximum atomic E-state index is 13.9. The van der Waals surface area contributed by atoms with Crippen LogP contribution in [0.4, 0.5) is 8.78 Å². The summed E-state index contributed by atoms with van der Waals surface area (Å²) in [5.74, 6) is -0.788. The fraction of sp³-hybridized carbons (Fsp3) is 0.200. The van der Waals surface area contributed by atoms with Gasteiger partial charge in [-0.3, -0.25) is 0 Å². The first-order chi connectivity index (χ1) is 9.56. The molecule has 106 valence electrons. The van der Waals surface area contributed by atoms with Crippen molar-refractivity contribution < 1.29 is 23.4 Å². The molecular formula is C15H14F2O3. The second-order valence-corrected chi connectivity index (χ2v) is 4.18. The second-order valence-electron chi connectivity index (χ2n) is 4.18. The minimum absolute atomic E-state index is 0.00419. The van der Waals surface area contributed by atoms with E-state index in [4.69, 9.17) is 9.47 Å². The largest absolute Gasteiger partial charge is 0.497 e. The number of methoxy groups -OCH3 is 2. The van der Waals surface area contributed by atoms with E-state index in [1.807, 2.05) is 0 Å². The van der Waals surface area contributed by atoms with Gasteiger partial charge < -0.3 is 14.6 Å². The lowest BCUT2D eigenvalue weighted by Gasteiger charge is -2.14. The van der Waals surface area contributed by atoms with Gasteiger partial charge in [-0.1, -0.05) is 6.07 Å². The van der Waals surface area contributed by atoms with Gasteiger partial charge in [-0.25, -0.2) is 8.78 Å². The van der Waals surface area contributed by atoms with Crippen LogP contribution in [0, 0.1) is 11.6 Å². The molecule has 0 saturated heterocycles. The third kappa shape index (κ3) is 2.72. The monoisotopic (exact) mass is 280 g/mol. The molecule has 1 unspecified atom stereocenters. The molecule has 0 aliphatic heterocycles. The molecule has 0 saturated carbocycles. The molecule has 3 nitrogen and oxygen atoms in total. The summed E-state index contributed by atoms with van der Waals surface area (Å²) in [4.78, 5) is 0. The highest BCUT2D eigenvalue weighted by atomic mass is 19.1. The van der Waals surface area contributed by atoms with Crippen molar-refractivity contribution in [3.8, 4) is 11.5 Å². The van der Waals surface area contributed by atoms with Crippen LogP contribution in [0.15, 0.2) is 36.4 Å². The van der Waals surface area contributed by atoms with Crippen LogP contribution >= 0.6 is 0 Å². The van der Waals surface area contributed by atoms with E-state index in [-0.39, 0.29) is 11.3 Å². The van der Waals surface area contributed by atoms with E-state index < -0.39 is 17.7 Å². The summed E-state index contributed by atoms with van der Waals surface area (Å²) in [6, 6.07) is 8.03. The Kier molecular flexibility index (Phi) is 4.20. The first-order valence-corrected chi connectivity index (χ1v) is 5.91. The molecule has 2 aromatic carbocycles. The number of hydrogen-bond donors (Lipinski definition) is 1. The first kappa shape index (κ1) is 14.3. The van der Waals surface area contributed by atoms with Crippen molar-refractivity contribution in [3.63, 3.8) is 0 Å². The molecule has 0 aliphatic rings. The third-order valence-electron chi connectivity index (χ3n) is 2.99. The molecule has 0 spiro atoms. The minimum atomic E-state index is -1.21. The van der Waals surface area contributed by atoms with E-state index >= 15 is 0 Å². The zero-order chi connectivity index (χ0) is 14.7. The van der Waals surface area contributed by atoms with Gasteiger partial charge in [0.1, 0.15) is 17.7 Å². The fourth-order valence-corrected chi connectivity index (χ4v) is 1.88. The average Bonchev–Trinajstić information content (AvgIpc) is 2.47. The fourth-order valence-electron chi connectivity index (χ4n) is 1.88. The summed E-state index contributed by atoms with van der Waals surface area (Å²) >= 11 is 0. The summed E-state index contributed by atoms with van der Waals surface area (Å²) in [5, 5.41) is 10.2. The molecule has 0 amide bonds. The van der Waals surface area contributed by atoms with Gasteiger partial charge in [-0.15, -0.1) is 0 Å². The van der Waals surface area contributed by atoms with Gasteiger partial charge in [-0.2, -0.15) is 0 Å². The van der Waals surface area contributed by atoms with Crippen LogP contribution < -0.4 is 9.47 Å². The molecule has 0 heterocycles. The zero-order valence-corrected chi connectivity index (χ0v) is 11.1. The van der Waals surface area contributed by atoms with Crippen molar-refractivity contribution in [1.82, 2.24) is 0 Å². The Balaban J connectivity index is 2.38. The van der Waals surface area contributed by atoms with Crippen LogP contribution in [0.1, 0.15) is 17.2 Å². The highest BCUT2D eigenvalue weighted by Gasteiger charge is 2.17. The van der Waals surface area contributed by atoms with E-state index in [0.717, 1.165) is 0 Å². The van der Waals surface area contributed by atoms with Gasteiger partial charge in [0.05, 0.1) is 14.2 Å². The second kappa shape index (κ2) is 5.88. The summed E-state index contributed by atoms with van der Waals surface area (Å²) in [5.41, 5.74) is 0.423. The summed E-state index contributed by atoms with van der Waals surface area (Å²) in [6.07, 6.45) is -1.21. The van der Waals surface area contributed by atoms with Gasteiger partial charge in [0.15, 0.2) is 11.6 Å². The van der Waals surface area contributed by atoms with Gasteiger partial charge in [-0.05, 0) is 29.8 Å². The lowest BCUT2D eigenvalue weighted by molar-refractivity contribution is 0.214. The van der Waals surface area contributed by atoms with Gasteiger partial charge >= 0.3 is 0 Å². The number of aliphatic hydroxyl groups excluding tert-OH is 1.